The summed E-state index contributed by atoms with van der Waals surface area (Å²) >= 11 is 3.48. The second kappa shape index (κ2) is 5.04. The van der Waals surface area contributed by atoms with Gasteiger partial charge in [-0.05, 0) is 41.8 Å². The van der Waals surface area contributed by atoms with Gasteiger partial charge in [-0.3, -0.25) is 4.79 Å². The minimum absolute atomic E-state index is 0.140. The van der Waals surface area contributed by atoms with Crippen molar-refractivity contribution in [2.45, 2.75) is 31.6 Å². The molecule has 0 saturated heterocycles. The van der Waals surface area contributed by atoms with E-state index in [2.05, 4.69) is 15.9 Å². The number of carboxylic acid groups (broad SMARTS) is 1. The number of carbonyl (C=O) groups is 1. The first kappa shape index (κ1) is 14.2. The predicted molar refractivity (Wildman–Crippen MR) is 75.1 cm³/mol. The number of ether oxygens (including phenoxy) is 2. The smallest absolute Gasteiger partial charge is 0.304 e. The predicted octanol–water partition coefficient (Wildman–Crippen LogP) is 3.28. The van der Waals surface area contributed by atoms with E-state index in [9.17, 15) is 4.79 Å². The third-order valence-corrected chi connectivity index (χ3v) is 4.33. The lowest BCUT2D eigenvalue weighted by molar-refractivity contribution is -0.137. The molecule has 1 N–H and O–H groups in total. The van der Waals surface area contributed by atoms with Crippen molar-refractivity contribution in [1.29, 1.82) is 0 Å². The van der Waals surface area contributed by atoms with Crippen molar-refractivity contribution >= 4 is 21.9 Å². The van der Waals surface area contributed by atoms with Gasteiger partial charge < -0.3 is 14.6 Å². The standard InChI is InChI=1S/C14H17BrO4/c1-8-12(18-2)9(6-10(15)13(8)19-3)14(4-5-14)7-11(16)17/h6H,4-5,7H2,1-3H3,(H,16,17). The molecule has 19 heavy (non-hydrogen) atoms. The largest absolute Gasteiger partial charge is 0.496 e. The summed E-state index contributed by atoms with van der Waals surface area (Å²) in [5.74, 6) is 0.690. The molecule has 4 nitrogen and oxygen atoms in total. The fraction of sp³-hybridized carbons (Fsp3) is 0.500. The van der Waals surface area contributed by atoms with Crippen LogP contribution in [0.5, 0.6) is 11.5 Å². The lowest BCUT2D eigenvalue weighted by Gasteiger charge is -2.21. The molecule has 0 heterocycles. The van der Waals surface area contributed by atoms with Gasteiger partial charge in [0.25, 0.3) is 0 Å². The van der Waals surface area contributed by atoms with Crippen LogP contribution in [0.3, 0.4) is 0 Å². The minimum Gasteiger partial charge on any atom is -0.496 e. The second-order valence-electron chi connectivity index (χ2n) is 4.95. The fourth-order valence-electron chi connectivity index (χ4n) is 2.63. The molecule has 0 spiro atoms. The maximum atomic E-state index is 11.0. The molecule has 0 amide bonds. The zero-order valence-corrected chi connectivity index (χ0v) is 12.8. The molecule has 0 aliphatic heterocycles. The van der Waals surface area contributed by atoms with Gasteiger partial charge in [0.2, 0.25) is 0 Å². The molecule has 1 aromatic rings. The van der Waals surface area contributed by atoms with E-state index >= 15 is 0 Å². The molecular formula is C14H17BrO4. The van der Waals surface area contributed by atoms with E-state index in [1.165, 1.54) is 0 Å². The fourth-order valence-corrected chi connectivity index (χ4v) is 3.32. The molecule has 0 atom stereocenters. The van der Waals surface area contributed by atoms with E-state index in [1.807, 2.05) is 13.0 Å². The van der Waals surface area contributed by atoms with Crippen molar-refractivity contribution in [3.05, 3.63) is 21.7 Å². The first-order chi connectivity index (χ1) is 8.95. The van der Waals surface area contributed by atoms with Gasteiger partial charge >= 0.3 is 5.97 Å². The van der Waals surface area contributed by atoms with E-state index in [4.69, 9.17) is 14.6 Å². The monoisotopic (exact) mass is 328 g/mol. The zero-order valence-electron chi connectivity index (χ0n) is 11.2. The van der Waals surface area contributed by atoms with E-state index < -0.39 is 5.97 Å². The van der Waals surface area contributed by atoms with Crippen molar-refractivity contribution in [2.75, 3.05) is 14.2 Å². The first-order valence-corrected chi connectivity index (χ1v) is 6.88. The van der Waals surface area contributed by atoms with E-state index in [0.29, 0.717) is 0 Å². The first-order valence-electron chi connectivity index (χ1n) is 6.08. The van der Waals surface area contributed by atoms with Crippen molar-refractivity contribution in [3.8, 4) is 11.5 Å². The molecule has 5 heteroatoms. The van der Waals surface area contributed by atoms with Crippen molar-refractivity contribution in [1.82, 2.24) is 0 Å². The summed E-state index contributed by atoms with van der Waals surface area (Å²) in [7, 11) is 3.21. The summed E-state index contributed by atoms with van der Waals surface area (Å²) in [6.07, 6.45) is 1.91. The van der Waals surface area contributed by atoms with Crippen LogP contribution >= 0.6 is 15.9 Å². The number of carboxylic acids is 1. The zero-order chi connectivity index (χ0) is 14.2. The Kier molecular flexibility index (Phi) is 3.76. The summed E-state index contributed by atoms with van der Waals surface area (Å²) in [4.78, 5) is 11.0. The van der Waals surface area contributed by atoms with Gasteiger partial charge in [0, 0.05) is 16.5 Å². The van der Waals surface area contributed by atoms with Crippen LogP contribution < -0.4 is 9.47 Å². The number of benzene rings is 1. The number of halogens is 1. The Labute approximate surface area is 120 Å². The van der Waals surface area contributed by atoms with Gasteiger partial charge in [-0.2, -0.15) is 0 Å². The van der Waals surface area contributed by atoms with Crippen molar-refractivity contribution in [3.63, 3.8) is 0 Å². The maximum Gasteiger partial charge on any atom is 0.304 e. The second-order valence-corrected chi connectivity index (χ2v) is 5.80. The summed E-state index contributed by atoms with van der Waals surface area (Å²) in [5, 5.41) is 9.08. The van der Waals surface area contributed by atoms with E-state index in [0.717, 1.165) is 39.9 Å². The molecular weight excluding hydrogens is 312 g/mol. The Balaban J connectivity index is 2.55. The Morgan fingerprint density at radius 2 is 1.95 bits per heavy atom. The van der Waals surface area contributed by atoms with Gasteiger partial charge in [-0.15, -0.1) is 0 Å². The topological polar surface area (TPSA) is 55.8 Å². The molecule has 0 radical (unpaired) electrons. The van der Waals surface area contributed by atoms with Crippen LogP contribution in [0.25, 0.3) is 0 Å². The molecule has 0 aromatic heterocycles. The summed E-state index contributed by atoms with van der Waals surface area (Å²) in [6.45, 7) is 1.92. The van der Waals surface area contributed by atoms with Gasteiger partial charge in [0.1, 0.15) is 11.5 Å². The van der Waals surface area contributed by atoms with Crippen molar-refractivity contribution in [2.24, 2.45) is 0 Å². The normalized spacial score (nSPS) is 16.0. The summed E-state index contributed by atoms with van der Waals surface area (Å²) in [6, 6.07) is 1.93. The molecule has 104 valence electrons. The molecule has 1 saturated carbocycles. The van der Waals surface area contributed by atoms with E-state index in [-0.39, 0.29) is 11.8 Å². The average molecular weight is 329 g/mol. The number of aliphatic carboxylic acids is 1. The SMILES string of the molecule is COc1c(Br)cc(C2(CC(=O)O)CC2)c(OC)c1C. The highest BCUT2D eigenvalue weighted by atomic mass is 79.9. The lowest BCUT2D eigenvalue weighted by Crippen LogP contribution is -2.15. The highest BCUT2D eigenvalue weighted by Crippen LogP contribution is 2.56. The van der Waals surface area contributed by atoms with Crippen LogP contribution in [-0.2, 0) is 10.2 Å². The van der Waals surface area contributed by atoms with Crippen LogP contribution in [0.15, 0.2) is 10.5 Å². The number of rotatable bonds is 5. The van der Waals surface area contributed by atoms with Crippen LogP contribution in [0.4, 0.5) is 0 Å². The Hall–Kier alpha value is -1.23. The summed E-state index contributed by atoms with van der Waals surface area (Å²) in [5.41, 5.74) is 1.57. The molecule has 1 fully saturated rings. The summed E-state index contributed by atoms with van der Waals surface area (Å²) < 4.78 is 11.7. The molecule has 1 aromatic carbocycles. The lowest BCUT2D eigenvalue weighted by atomic mass is 9.90. The third-order valence-electron chi connectivity index (χ3n) is 3.74. The highest BCUT2D eigenvalue weighted by Gasteiger charge is 2.48. The van der Waals surface area contributed by atoms with Gasteiger partial charge in [0.05, 0.1) is 25.1 Å². The average Bonchev–Trinajstić information content (AvgIpc) is 3.09. The number of hydrogen-bond donors (Lipinski definition) is 1. The van der Waals surface area contributed by atoms with Crippen LogP contribution in [0.1, 0.15) is 30.4 Å². The van der Waals surface area contributed by atoms with Crippen molar-refractivity contribution < 1.29 is 19.4 Å². The van der Waals surface area contributed by atoms with Gasteiger partial charge in [0.15, 0.2) is 0 Å². The maximum absolute atomic E-state index is 11.0. The highest BCUT2D eigenvalue weighted by molar-refractivity contribution is 9.10. The Morgan fingerprint density at radius 3 is 2.37 bits per heavy atom. The molecule has 2 rings (SSSR count). The quantitative estimate of drug-likeness (QED) is 0.901. The Morgan fingerprint density at radius 1 is 1.37 bits per heavy atom. The third kappa shape index (κ3) is 2.43. The number of hydrogen-bond acceptors (Lipinski definition) is 3. The van der Waals surface area contributed by atoms with Crippen LogP contribution in [-0.4, -0.2) is 25.3 Å². The minimum atomic E-state index is -0.774. The van der Waals surface area contributed by atoms with Gasteiger partial charge in [-0.25, -0.2) is 0 Å². The molecule has 0 unspecified atom stereocenters. The number of methoxy groups -OCH3 is 2. The molecule has 0 bridgehead atoms. The molecule has 1 aliphatic rings. The van der Waals surface area contributed by atoms with Gasteiger partial charge in [-0.1, -0.05) is 0 Å². The van der Waals surface area contributed by atoms with Crippen LogP contribution in [0, 0.1) is 6.92 Å². The molecule has 1 aliphatic carbocycles. The Bertz CT molecular complexity index is 521. The van der Waals surface area contributed by atoms with E-state index in [1.54, 1.807) is 14.2 Å². The van der Waals surface area contributed by atoms with Crippen LogP contribution in [0.2, 0.25) is 0 Å².